The number of nitrogens with zero attached hydrogens (tertiary/aromatic N) is 1. The molecule has 7 heteroatoms. The van der Waals surface area contributed by atoms with Gasteiger partial charge < -0.3 is 10.6 Å². The van der Waals surface area contributed by atoms with E-state index in [-0.39, 0.29) is 23.5 Å². The third kappa shape index (κ3) is 4.10. The summed E-state index contributed by atoms with van der Waals surface area (Å²) in [6.07, 6.45) is 4.05. The van der Waals surface area contributed by atoms with Gasteiger partial charge in [-0.05, 0) is 18.8 Å². The summed E-state index contributed by atoms with van der Waals surface area (Å²) in [5.74, 6) is -0.450. The predicted octanol–water partition coefficient (Wildman–Crippen LogP) is 1.98. The van der Waals surface area contributed by atoms with Crippen LogP contribution in [0.1, 0.15) is 50.0 Å². The average molecular weight is 309 g/mol. The van der Waals surface area contributed by atoms with Gasteiger partial charge in [-0.2, -0.15) is 0 Å². The summed E-state index contributed by atoms with van der Waals surface area (Å²) in [5.41, 5.74) is 0.340. The second-order valence-electron chi connectivity index (χ2n) is 5.31. The van der Waals surface area contributed by atoms with Crippen molar-refractivity contribution in [3.8, 4) is 0 Å². The lowest BCUT2D eigenvalue weighted by atomic mass is 9.97. The first-order chi connectivity index (χ1) is 9.97. The normalized spacial score (nSPS) is 16.5. The lowest BCUT2D eigenvalue weighted by Crippen LogP contribution is -2.47. The summed E-state index contributed by atoms with van der Waals surface area (Å²) in [7, 11) is 0. The van der Waals surface area contributed by atoms with Crippen molar-refractivity contribution >= 4 is 34.1 Å². The van der Waals surface area contributed by atoms with Gasteiger partial charge in [0.2, 0.25) is 11.8 Å². The van der Waals surface area contributed by atoms with Gasteiger partial charge in [-0.25, -0.2) is 4.98 Å². The van der Waals surface area contributed by atoms with Gasteiger partial charge in [0.25, 0.3) is 0 Å². The van der Waals surface area contributed by atoms with Crippen LogP contribution in [0.4, 0.5) is 5.13 Å². The molecule has 1 fully saturated rings. The molecule has 0 aromatic carbocycles. The molecule has 1 aliphatic rings. The SMILES string of the molecule is CC(=O)NC(C(=O)Nc1nc(C(C)=O)cs1)C1CCCC1. The molecule has 1 atom stereocenters. The zero-order chi connectivity index (χ0) is 15.4. The van der Waals surface area contributed by atoms with Crippen molar-refractivity contribution in [1.29, 1.82) is 0 Å². The van der Waals surface area contributed by atoms with E-state index < -0.39 is 6.04 Å². The molecule has 6 nitrogen and oxygen atoms in total. The molecule has 21 heavy (non-hydrogen) atoms. The number of Topliss-reactive ketones (excluding diaryl/α,β-unsaturated/α-hetero) is 1. The number of nitrogens with one attached hydrogen (secondary N) is 2. The summed E-state index contributed by atoms with van der Waals surface area (Å²) < 4.78 is 0. The lowest BCUT2D eigenvalue weighted by Gasteiger charge is -2.22. The summed E-state index contributed by atoms with van der Waals surface area (Å²) in [4.78, 5) is 39.0. The van der Waals surface area contributed by atoms with E-state index in [0.29, 0.717) is 10.8 Å². The molecule has 1 saturated carbocycles. The van der Waals surface area contributed by atoms with E-state index in [2.05, 4.69) is 15.6 Å². The summed E-state index contributed by atoms with van der Waals surface area (Å²) >= 11 is 1.21. The molecular formula is C14H19N3O3S. The fourth-order valence-corrected chi connectivity index (χ4v) is 3.34. The van der Waals surface area contributed by atoms with Crippen molar-refractivity contribution in [2.75, 3.05) is 5.32 Å². The van der Waals surface area contributed by atoms with Gasteiger partial charge in [0.15, 0.2) is 10.9 Å². The van der Waals surface area contributed by atoms with Gasteiger partial charge in [0.05, 0.1) is 0 Å². The highest BCUT2D eigenvalue weighted by Gasteiger charge is 2.31. The minimum Gasteiger partial charge on any atom is -0.344 e. The van der Waals surface area contributed by atoms with Crippen LogP contribution >= 0.6 is 11.3 Å². The molecule has 2 N–H and O–H groups in total. The second-order valence-corrected chi connectivity index (χ2v) is 6.16. The Bertz CT molecular complexity index is 549. The predicted molar refractivity (Wildman–Crippen MR) is 80.3 cm³/mol. The van der Waals surface area contributed by atoms with Gasteiger partial charge in [0.1, 0.15) is 11.7 Å². The lowest BCUT2D eigenvalue weighted by molar-refractivity contribution is -0.126. The highest BCUT2D eigenvalue weighted by molar-refractivity contribution is 7.14. The van der Waals surface area contributed by atoms with Crippen LogP contribution in [0.3, 0.4) is 0 Å². The van der Waals surface area contributed by atoms with Gasteiger partial charge in [-0.3, -0.25) is 14.4 Å². The van der Waals surface area contributed by atoms with Crippen molar-refractivity contribution in [2.24, 2.45) is 5.92 Å². The highest BCUT2D eigenvalue weighted by Crippen LogP contribution is 2.28. The Morgan fingerprint density at radius 3 is 2.48 bits per heavy atom. The highest BCUT2D eigenvalue weighted by atomic mass is 32.1. The fourth-order valence-electron chi connectivity index (χ4n) is 2.58. The maximum absolute atomic E-state index is 12.4. The van der Waals surface area contributed by atoms with E-state index in [1.807, 2.05) is 0 Å². The number of rotatable bonds is 5. The van der Waals surface area contributed by atoms with Gasteiger partial charge in [-0.15, -0.1) is 11.3 Å². The second kappa shape index (κ2) is 6.80. The van der Waals surface area contributed by atoms with E-state index >= 15 is 0 Å². The van der Waals surface area contributed by atoms with Gasteiger partial charge in [0, 0.05) is 19.2 Å². The number of ketones is 1. The molecule has 1 aromatic heterocycles. The topological polar surface area (TPSA) is 88.2 Å². The van der Waals surface area contributed by atoms with Crippen LogP contribution in [0.15, 0.2) is 5.38 Å². The molecule has 2 amide bonds. The zero-order valence-corrected chi connectivity index (χ0v) is 13.0. The largest absolute Gasteiger partial charge is 0.344 e. The molecule has 0 radical (unpaired) electrons. The Hall–Kier alpha value is -1.76. The van der Waals surface area contributed by atoms with Gasteiger partial charge in [-0.1, -0.05) is 12.8 Å². The first-order valence-electron chi connectivity index (χ1n) is 7.02. The quantitative estimate of drug-likeness (QED) is 0.814. The number of anilines is 1. The van der Waals surface area contributed by atoms with Crippen molar-refractivity contribution < 1.29 is 14.4 Å². The first kappa shape index (κ1) is 15.6. The third-order valence-electron chi connectivity index (χ3n) is 3.61. The average Bonchev–Trinajstić information content (AvgIpc) is 3.06. The van der Waals surface area contributed by atoms with Crippen LogP contribution in [0.25, 0.3) is 0 Å². The molecule has 1 aliphatic carbocycles. The van der Waals surface area contributed by atoms with Crippen LogP contribution < -0.4 is 10.6 Å². The van der Waals surface area contributed by atoms with Crippen molar-refractivity contribution in [1.82, 2.24) is 10.3 Å². The summed E-state index contributed by atoms with van der Waals surface area (Å²) in [5, 5.41) is 7.43. The number of aromatic nitrogens is 1. The first-order valence-corrected chi connectivity index (χ1v) is 7.89. The maximum atomic E-state index is 12.4. The molecule has 1 unspecified atom stereocenters. The minimum absolute atomic E-state index is 0.138. The summed E-state index contributed by atoms with van der Waals surface area (Å²) in [6, 6.07) is -0.533. The Morgan fingerprint density at radius 2 is 1.95 bits per heavy atom. The Labute approximate surface area is 127 Å². The number of carbonyl (C=O) groups excluding carboxylic acids is 3. The van der Waals surface area contributed by atoms with Gasteiger partial charge >= 0.3 is 0 Å². The van der Waals surface area contributed by atoms with E-state index in [4.69, 9.17) is 0 Å². The van der Waals surface area contributed by atoms with Crippen LogP contribution in [0, 0.1) is 5.92 Å². The van der Waals surface area contributed by atoms with E-state index in [0.717, 1.165) is 25.7 Å². The molecule has 1 heterocycles. The Morgan fingerprint density at radius 1 is 1.29 bits per heavy atom. The number of hydrogen-bond acceptors (Lipinski definition) is 5. The Balaban J connectivity index is 2.06. The molecular weight excluding hydrogens is 290 g/mol. The molecule has 0 bridgehead atoms. The van der Waals surface area contributed by atoms with E-state index in [1.165, 1.54) is 25.2 Å². The van der Waals surface area contributed by atoms with Crippen molar-refractivity contribution in [3.05, 3.63) is 11.1 Å². The molecule has 0 aliphatic heterocycles. The van der Waals surface area contributed by atoms with Crippen LogP contribution in [-0.4, -0.2) is 28.6 Å². The van der Waals surface area contributed by atoms with E-state index in [9.17, 15) is 14.4 Å². The van der Waals surface area contributed by atoms with Crippen LogP contribution in [0.2, 0.25) is 0 Å². The zero-order valence-electron chi connectivity index (χ0n) is 12.1. The molecule has 0 saturated heterocycles. The number of carbonyl (C=O) groups is 3. The van der Waals surface area contributed by atoms with Crippen LogP contribution in [-0.2, 0) is 9.59 Å². The standard InChI is InChI=1S/C14H19N3O3S/c1-8(18)11-7-21-14(16-11)17-13(20)12(15-9(2)19)10-5-3-4-6-10/h7,10,12H,3-6H2,1-2H3,(H,15,19)(H,16,17,20). The number of hydrogen-bond donors (Lipinski definition) is 2. The molecule has 1 aromatic rings. The number of thiazole rings is 1. The van der Waals surface area contributed by atoms with Crippen LogP contribution in [0.5, 0.6) is 0 Å². The molecule has 0 spiro atoms. The molecule has 114 valence electrons. The Kier molecular flexibility index (Phi) is 5.06. The fraction of sp³-hybridized carbons (Fsp3) is 0.571. The summed E-state index contributed by atoms with van der Waals surface area (Å²) in [6.45, 7) is 2.84. The maximum Gasteiger partial charge on any atom is 0.249 e. The van der Waals surface area contributed by atoms with Crippen molar-refractivity contribution in [2.45, 2.75) is 45.6 Å². The van der Waals surface area contributed by atoms with E-state index in [1.54, 1.807) is 5.38 Å². The number of amides is 2. The minimum atomic E-state index is -0.533. The van der Waals surface area contributed by atoms with Crippen molar-refractivity contribution in [3.63, 3.8) is 0 Å². The third-order valence-corrected chi connectivity index (χ3v) is 4.37. The smallest absolute Gasteiger partial charge is 0.249 e. The monoisotopic (exact) mass is 309 g/mol. The molecule has 2 rings (SSSR count).